The maximum absolute atomic E-state index is 12.4. The fourth-order valence-corrected chi connectivity index (χ4v) is 2.57. The monoisotopic (exact) mass is 342 g/mol. The molecule has 4 heteroatoms. The van der Waals surface area contributed by atoms with Gasteiger partial charge in [-0.25, -0.2) is 0 Å². The second kappa shape index (κ2) is 5.43. The highest BCUT2D eigenvalue weighted by Gasteiger charge is 2.16. The lowest BCUT2D eigenvalue weighted by Crippen LogP contribution is -2.04. The van der Waals surface area contributed by atoms with Crippen LogP contribution in [0, 0.1) is 6.92 Å². The lowest BCUT2D eigenvalue weighted by Gasteiger charge is -2.08. The van der Waals surface area contributed by atoms with Crippen LogP contribution in [0.25, 0.3) is 0 Å². The summed E-state index contributed by atoms with van der Waals surface area (Å²) in [6.45, 7) is 1.89. The van der Waals surface area contributed by atoms with Crippen molar-refractivity contribution in [2.75, 3.05) is 0 Å². The number of hydrogen-bond donors (Lipinski definition) is 0. The van der Waals surface area contributed by atoms with E-state index < -0.39 is 0 Å². The minimum Gasteiger partial charge on any atom is -0.289 e. The minimum atomic E-state index is -0.118. The molecule has 0 saturated heterocycles. The van der Waals surface area contributed by atoms with Crippen molar-refractivity contribution in [2.24, 2.45) is 0 Å². The van der Waals surface area contributed by atoms with E-state index in [1.165, 1.54) is 0 Å². The molecule has 0 aliphatic carbocycles. The second-order valence-electron chi connectivity index (χ2n) is 3.89. The van der Waals surface area contributed by atoms with E-state index in [4.69, 9.17) is 23.2 Å². The molecule has 18 heavy (non-hydrogen) atoms. The van der Waals surface area contributed by atoms with Crippen LogP contribution < -0.4 is 0 Å². The smallest absolute Gasteiger partial charge is 0.194 e. The summed E-state index contributed by atoms with van der Waals surface area (Å²) in [6, 6.07) is 10.6. The van der Waals surface area contributed by atoms with Gasteiger partial charge in [-0.3, -0.25) is 4.79 Å². The van der Waals surface area contributed by atoms with Crippen LogP contribution in [0.1, 0.15) is 21.5 Å². The van der Waals surface area contributed by atoms with Crippen LogP contribution in [-0.2, 0) is 0 Å². The molecular formula is C14H9BrCl2O. The summed E-state index contributed by atoms with van der Waals surface area (Å²) in [5.41, 5.74) is 1.95. The topological polar surface area (TPSA) is 17.1 Å². The summed E-state index contributed by atoms with van der Waals surface area (Å²) in [6.07, 6.45) is 0. The van der Waals surface area contributed by atoms with Gasteiger partial charge in [0.2, 0.25) is 0 Å². The van der Waals surface area contributed by atoms with Gasteiger partial charge in [-0.05, 0) is 42.8 Å². The first-order valence-electron chi connectivity index (χ1n) is 5.25. The Morgan fingerprint density at radius 1 is 1.11 bits per heavy atom. The van der Waals surface area contributed by atoms with Crippen molar-refractivity contribution in [3.8, 4) is 0 Å². The Morgan fingerprint density at radius 2 is 1.83 bits per heavy atom. The Morgan fingerprint density at radius 3 is 2.50 bits per heavy atom. The molecule has 0 N–H and O–H groups in total. The van der Waals surface area contributed by atoms with Crippen molar-refractivity contribution < 1.29 is 4.79 Å². The Balaban J connectivity index is 2.51. The maximum atomic E-state index is 12.4. The van der Waals surface area contributed by atoms with Gasteiger partial charge in [0.05, 0.1) is 10.0 Å². The summed E-state index contributed by atoms with van der Waals surface area (Å²) in [4.78, 5) is 12.4. The molecule has 0 radical (unpaired) electrons. The average Bonchev–Trinajstić information content (AvgIpc) is 2.32. The van der Waals surface area contributed by atoms with Crippen molar-refractivity contribution in [3.05, 3.63) is 67.6 Å². The third-order valence-electron chi connectivity index (χ3n) is 2.63. The number of hydrogen-bond acceptors (Lipinski definition) is 1. The van der Waals surface area contributed by atoms with E-state index in [9.17, 15) is 4.79 Å². The molecule has 0 aliphatic heterocycles. The zero-order chi connectivity index (χ0) is 13.3. The largest absolute Gasteiger partial charge is 0.289 e. The third-order valence-corrected chi connectivity index (χ3v) is 3.94. The van der Waals surface area contributed by atoms with Gasteiger partial charge >= 0.3 is 0 Å². The molecule has 2 aromatic rings. The number of halogens is 3. The summed E-state index contributed by atoms with van der Waals surface area (Å²) in [5.74, 6) is -0.118. The summed E-state index contributed by atoms with van der Waals surface area (Å²) >= 11 is 15.3. The SMILES string of the molecule is Cc1cc(Br)ccc1C(=O)c1cccc(Cl)c1Cl. The Kier molecular flexibility index (Phi) is 4.10. The zero-order valence-electron chi connectivity index (χ0n) is 9.51. The molecule has 1 nitrogen and oxygen atoms in total. The van der Waals surface area contributed by atoms with E-state index in [-0.39, 0.29) is 5.78 Å². The fraction of sp³-hybridized carbons (Fsp3) is 0.0714. The zero-order valence-corrected chi connectivity index (χ0v) is 12.6. The number of benzene rings is 2. The van der Waals surface area contributed by atoms with E-state index in [1.807, 2.05) is 19.1 Å². The van der Waals surface area contributed by atoms with Crippen molar-refractivity contribution in [3.63, 3.8) is 0 Å². The van der Waals surface area contributed by atoms with Gasteiger partial charge in [-0.15, -0.1) is 0 Å². The standard InChI is InChI=1S/C14H9BrCl2O/c1-8-7-9(15)5-6-10(8)14(18)11-3-2-4-12(16)13(11)17/h2-7H,1H3. The molecule has 0 heterocycles. The number of carbonyl (C=O) groups is 1. The van der Waals surface area contributed by atoms with E-state index in [1.54, 1.807) is 24.3 Å². The van der Waals surface area contributed by atoms with Gasteiger partial charge in [0.1, 0.15) is 0 Å². The molecule has 0 amide bonds. The normalized spacial score (nSPS) is 10.4. The predicted molar refractivity (Wildman–Crippen MR) is 78.8 cm³/mol. The second-order valence-corrected chi connectivity index (χ2v) is 5.59. The highest BCUT2D eigenvalue weighted by atomic mass is 79.9. The molecule has 0 spiro atoms. The molecule has 0 aliphatic rings. The molecule has 0 unspecified atom stereocenters. The van der Waals surface area contributed by atoms with Crippen molar-refractivity contribution in [2.45, 2.75) is 6.92 Å². The molecule has 0 bridgehead atoms. The van der Waals surface area contributed by atoms with Crippen LogP contribution in [-0.4, -0.2) is 5.78 Å². The van der Waals surface area contributed by atoms with Crippen LogP contribution in [0.2, 0.25) is 10.0 Å². The number of carbonyl (C=O) groups excluding carboxylic acids is 1. The Bertz CT molecular complexity index is 623. The van der Waals surface area contributed by atoms with Crippen LogP contribution in [0.15, 0.2) is 40.9 Å². The molecule has 2 aromatic carbocycles. The van der Waals surface area contributed by atoms with Crippen molar-refractivity contribution in [1.82, 2.24) is 0 Å². The van der Waals surface area contributed by atoms with Crippen LogP contribution >= 0.6 is 39.1 Å². The highest BCUT2D eigenvalue weighted by Crippen LogP contribution is 2.28. The van der Waals surface area contributed by atoms with Gasteiger partial charge in [0, 0.05) is 15.6 Å². The summed E-state index contributed by atoms with van der Waals surface area (Å²) < 4.78 is 0.939. The first-order chi connectivity index (χ1) is 8.50. The van der Waals surface area contributed by atoms with E-state index in [2.05, 4.69) is 15.9 Å². The van der Waals surface area contributed by atoms with Crippen LogP contribution in [0.3, 0.4) is 0 Å². The first kappa shape index (κ1) is 13.6. The number of aryl methyl sites for hydroxylation is 1. The predicted octanol–water partition coefficient (Wildman–Crippen LogP) is 5.30. The highest BCUT2D eigenvalue weighted by molar-refractivity contribution is 9.10. The Hall–Kier alpha value is -0.830. The lowest BCUT2D eigenvalue weighted by atomic mass is 9.99. The van der Waals surface area contributed by atoms with Crippen molar-refractivity contribution >= 4 is 44.9 Å². The summed E-state index contributed by atoms with van der Waals surface area (Å²) in [5, 5.41) is 0.684. The van der Waals surface area contributed by atoms with E-state index in [0.29, 0.717) is 21.2 Å². The molecule has 0 atom stereocenters. The third kappa shape index (κ3) is 2.61. The molecular weight excluding hydrogens is 335 g/mol. The van der Waals surface area contributed by atoms with Crippen LogP contribution in [0.4, 0.5) is 0 Å². The molecule has 92 valence electrons. The molecule has 0 aromatic heterocycles. The van der Waals surface area contributed by atoms with E-state index >= 15 is 0 Å². The van der Waals surface area contributed by atoms with Gasteiger partial charge in [0.25, 0.3) is 0 Å². The number of rotatable bonds is 2. The quantitative estimate of drug-likeness (QED) is 0.676. The molecule has 0 saturated carbocycles. The molecule has 0 fully saturated rings. The fourth-order valence-electron chi connectivity index (χ4n) is 1.71. The van der Waals surface area contributed by atoms with Crippen molar-refractivity contribution in [1.29, 1.82) is 0 Å². The average molecular weight is 344 g/mol. The maximum Gasteiger partial charge on any atom is 0.194 e. The van der Waals surface area contributed by atoms with Crippen LogP contribution in [0.5, 0.6) is 0 Å². The lowest BCUT2D eigenvalue weighted by molar-refractivity contribution is 0.103. The minimum absolute atomic E-state index is 0.118. The van der Waals surface area contributed by atoms with E-state index in [0.717, 1.165) is 10.0 Å². The first-order valence-corrected chi connectivity index (χ1v) is 6.80. The summed E-state index contributed by atoms with van der Waals surface area (Å²) in [7, 11) is 0. The molecule has 2 rings (SSSR count). The Labute approximate surface area is 124 Å². The number of ketones is 1. The van der Waals surface area contributed by atoms with Gasteiger partial charge < -0.3 is 0 Å². The van der Waals surface area contributed by atoms with Gasteiger partial charge in [0.15, 0.2) is 5.78 Å². The van der Waals surface area contributed by atoms with Gasteiger partial charge in [-0.2, -0.15) is 0 Å². The van der Waals surface area contributed by atoms with Gasteiger partial charge in [-0.1, -0.05) is 45.2 Å².